The van der Waals surface area contributed by atoms with Gasteiger partial charge in [0.1, 0.15) is 0 Å². The van der Waals surface area contributed by atoms with Crippen molar-refractivity contribution in [1.82, 2.24) is 10.2 Å². The van der Waals surface area contributed by atoms with Gasteiger partial charge in [0.15, 0.2) is 5.96 Å². The molecule has 1 aliphatic rings. The second-order valence-corrected chi connectivity index (χ2v) is 4.96. The maximum Gasteiger partial charge on any atom is 0.188 e. The maximum absolute atomic E-state index is 5.73. The monoisotopic (exact) mass is 366 g/mol. The van der Waals surface area contributed by atoms with Crippen LogP contribution in [0.1, 0.15) is 26.7 Å². The van der Waals surface area contributed by atoms with Crippen LogP contribution >= 0.6 is 24.0 Å². The summed E-state index contributed by atoms with van der Waals surface area (Å²) in [5.74, 6) is 1.39. The van der Waals surface area contributed by atoms with Crippen LogP contribution in [0.3, 0.4) is 0 Å². The Balaban J connectivity index is 0.00000289. The Bertz CT molecular complexity index is 260. The van der Waals surface area contributed by atoms with E-state index < -0.39 is 0 Å². The number of piperidine rings is 1. The quantitative estimate of drug-likeness (QED) is 0.338. The lowest BCUT2D eigenvalue weighted by Gasteiger charge is -2.34. The summed E-state index contributed by atoms with van der Waals surface area (Å²) in [5.41, 5.74) is 5.73. The molecule has 1 rings (SSSR count). The van der Waals surface area contributed by atoms with E-state index >= 15 is 0 Å². The highest BCUT2D eigenvalue weighted by Crippen LogP contribution is 2.17. The highest BCUT2D eigenvalue weighted by molar-refractivity contribution is 14.0. The molecule has 1 saturated heterocycles. The minimum absolute atomic E-state index is 0. The molecule has 4 nitrogen and oxygen atoms in total. The van der Waals surface area contributed by atoms with Crippen molar-refractivity contribution >= 4 is 29.9 Å². The van der Waals surface area contributed by atoms with E-state index in [1.54, 1.807) is 6.08 Å². The van der Waals surface area contributed by atoms with E-state index in [0.29, 0.717) is 18.5 Å². The predicted octanol–water partition coefficient (Wildman–Crippen LogP) is 1.82. The average molecular weight is 366 g/mol. The van der Waals surface area contributed by atoms with Gasteiger partial charge in [0, 0.05) is 12.6 Å². The van der Waals surface area contributed by atoms with Crippen LogP contribution in [-0.4, -0.2) is 43.1 Å². The average Bonchev–Trinajstić information content (AvgIpc) is 2.34. The van der Waals surface area contributed by atoms with Crippen LogP contribution in [0.2, 0.25) is 0 Å². The number of nitrogens with one attached hydrogen (secondary N) is 1. The van der Waals surface area contributed by atoms with Gasteiger partial charge in [0.2, 0.25) is 0 Å². The Morgan fingerprint density at radius 2 is 2.17 bits per heavy atom. The van der Waals surface area contributed by atoms with Gasteiger partial charge < -0.3 is 11.1 Å². The summed E-state index contributed by atoms with van der Waals surface area (Å²) in [6, 6.07) is 0.478. The molecule has 0 aromatic rings. The van der Waals surface area contributed by atoms with Gasteiger partial charge in [0.05, 0.1) is 6.54 Å². The number of nitrogens with zero attached hydrogens (tertiary/aromatic N) is 2. The third kappa shape index (κ3) is 6.58. The molecule has 18 heavy (non-hydrogen) atoms. The van der Waals surface area contributed by atoms with Gasteiger partial charge >= 0.3 is 0 Å². The smallest absolute Gasteiger partial charge is 0.188 e. The van der Waals surface area contributed by atoms with E-state index in [1.807, 2.05) is 0 Å². The van der Waals surface area contributed by atoms with Crippen molar-refractivity contribution in [2.45, 2.75) is 32.7 Å². The van der Waals surface area contributed by atoms with E-state index in [4.69, 9.17) is 5.73 Å². The molecule has 5 heteroatoms. The summed E-state index contributed by atoms with van der Waals surface area (Å²) in [7, 11) is 0. The van der Waals surface area contributed by atoms with Crippen LogP contribution in [-0.2, 0) is 0 Å². The number of aliphatic imine (C=N–C) groups is 1. The molecule has 1 atom stereocenters. The second kappa shape index (κ2) is 9.61. The largest absolute Gasteiger partial charge is 0.370 e. The maximum atomic E-state index is 5.73. The minimum atomic E-state index is 0. The summed E-state index contributed by atoms with van der Waals surface area (Å²) >= 11 is 0. The first-order chi connectivity index (χ1) is 8.13. The number of likely N-dealkylation sites (tertiary alicyclic amines) is 1. The normalized spacial score (nSPS) is 20.0. The van der Waals surface area contributed by atoms with Crippen molar-refractivity contribution in [2.24, 2.45) is 16.6 Å². The SMILES string of the molecule is C=CCNC(N)=NCC(C)N1CCC(C)CC1.I. The Morgan fingerprint density at radius 3 is 2.72 bits per heavy atom. The lowest BCUT2D eigenvalue weighted by Crippen LogP contribution is -2.42. The molecule has 0 aromatic carbocycles. The fraction of sp³-hybridized carbons (Fsp3) is 0.769. The van der Waals surface area contributed by atoms with E-state index in [9.17, 15) is 0 Å². The van der Waals surface area contributed by atoms with Gasteiger partial charge in [-0.15, -0.1) is 30.6 Å². The summed E-state index contributed by atoms with van der Waals surface area (Å²) in [5, 5.41) is 2.99. The minimum Gasteiger partial charge on any atom is -0.370 e. The van der Waals surface area contributed by atoms with Crippen molar-refractivity contribution < 1.29 is 0 Å². The summed E-state index contributed by atoms with van der Waals surface area (Å²) in [6.45, 7) is 12.0. The van der Waals surface area contributed by atoms with Crippen LogP contribution in [0.25, 0.3) is 0 Å². The third-order valence-corrected chi connectivity index (χ3v) is 3.39. The summed E-state index contributed by atoms with van der Waals surface area (Å²) in [6.07, 6.45) is 4.38. The molecule has 0 saturated carbocycles. The second-order valence-electron chi connectivity index (χ2n) is 4.96. The number of guanidine groups is 1. The van der Waals surface area contributed by atoms with E-state index in [0.717, 1.165) is 12.5 Å². The molecule has 0 bridgehead atoms. The molecule has 1 fully saturated rings. The van der Waals surface area contributed by atoms with E-state index in [2.05, 4.69) is 35.6 Å². The third-order valence-electron chi connectivity index (χ3n) is 3.39. The Morgan fingerprint density at radius 1 is 1.56 bits per heavy atom. The van der Waals surface area contributed by atoms with Gasteiger partial charge in [0.25, 0.3) is 0 Å². The Kier molecular flexibility index (Phi) is 9.45. The fourth-order valence-electron chi connectivity index (χ4n) is 2.05. The van der Waals surface area contributed by atoms with Crippen LogP contribution in [0.5, 0.6) is 0 Å². The lowest BCUT2D eigenvalue weighted by atomic mass is 9.98. The molecule has 106 valence electrons. The number of hydrogen-bond acceptors (Lipinski definition) is 2. The molecule has 1 heterocycles. The van der Waals surface area contributed by atoms with Gasteiger partial charge in [-0.2, -0.15) is 0 Å². The fourth-order valence-corrected chi connectivity index (χ4v) is 2.05. The zero-order valence-corrected chi connectivity index (χ0v) is 13.9. The standard InChI is InChI=1S/C13H26N4.HI/c1-4-7-15-13(14)16-10-12(3)17-8-5-11(2)6-9-17;/h4,11-12H,1,5-10H2,2-3H3,(H3,14,15,16);1H. The molecule has 1 unspecified atom stereocenters. The van der Waals surface area contributed by atoms with Crippen LogP contribution in [0.4, 0.5) is 0 Å². The highest BCUT2D eigenvalue weighted by atomic mass is 127. The molecule has 3 N–H and O–H groups in total. The van der Waals surface area contributed by atoms with Crippen molar-refractivity contribution in [2.75, 3.05) is 26.2 Å². The zero-order chi connectivity index (χ0) is 12.7. The van der Waals surface area contributed by atoms with Crippen molar-refractivity contribution in [1.29, 1.82) is 0 Å². The molecule has 1 aliphatic heterocycles. The number of nitrogens with two attached hydrogens (primary N) is 1. The van der Waals surface area contributed by atoms with Crippen molar-refractivity contribution in [3.8, 4) is 0 Å². The van der Waals surface area contributed by atoms with E-state index in [-0.39, 0.29) is 24.0 Å². The van der Waals surface area contributed by atoms with Crippen LogP contribution < -0.4 is 11.1 Å². The number of halogens is 1. The number of rotatable bonds is 5. The Labute approximate surface area is 128 Å². The van der Waals surface area contributed by atoms with Gasteiger partial charge in [-0.1, -0.05) is 13.0 Å². The topological polar surface area (TPSA) is 53.6 Å². The molecule has 0 aromatic heterocycles. The molecule has 0 aliphatic carbocycles. The lowest BCUT2D eigenvalue weighted by molar-refractivity contribution is 0.150. The molecule has 0 spiro atoms. The molecular formula is C13H27IN4. The zero-order valence-electron chi connectivity index (χ0n) is 11.6. The van der Waals surface area contributed by atoms with Crippen molar-refractivity contribution in [3.63, 3.8) is 0 Å². The van der Waals surface area contributed by atoms with Crippen LogP contribution in [0.15, 0.2) is 17.6 Å². The number of hydrogen-bond donors (Lipinski definition) is 2. The first kappa shape index (κ1) is 17.7. The molecule has 0 amide bonds. The van der Waals surface area contributed by atoms with Crippen LogP contribution in [0, 0.1) is 5.92 Å². The molecule has 0 radical (unpaired) electrons. The molecular weight excluding hydrogens is 339 g/mol. The first-order valence-electron chi connectivity index (χ1n) is 6.52. The Hall–Kier alpha value is -0.300. The van der Waals surface area contributed by atoms with Gasteiger partial charge in [-0.05, 0) is 38.8 Å². The first-order valence-corrected chi connectivity index (χ1v) is 6.52. The van der Waals surface area contributed by atoms with Gasteiger partial charge in [-0.3, -0.25) is 9.89 Å². The summed E-state index contributed by atoms with van der Waals surface area (Å²) < 4.78 is 0. The predicted molar refractivity (Wildman–Crippen MR) is 89.5 cm³/mol. The van der Waals surface area contributed by atoms with Crippen molar-refractivity contribution in [3.05, 3.63) is 12.7 Å². The van der Waals surface area contributed by atoms with E-state index in [1.165, 1.54) is 25.9 Å². The summed E-state index contributed by atoms with van der Waals surface area (Å²) in [4.78, 5) is 6.85. The highest BCUT2D eigenvalue weighted by Gasteiger charge is 2.19. The van der Waals surface area contributed by atoms with Gasteiger partial charge in [-0.25, -0.2) is 0 Å².